The fraction of sp³-hybridized carbons (Fsp3) is 0.765. The summed E-state index contributed by atoms with van der Waals surface area (Å²) in [5.41, 5.74) is 4.20. The zero-order chi connectivity index (χ0) is 14.4. The van der Waals surface area contributed by atoms with E-state index in [9.17, 15) is 5.11 Å². The van der Waals surface area contributed by atoms with Gasteiger partial charge in [-0.1, -0.05) is 27.7 Å². The lowest BCUT2D eigenvalue weighted by molar-refractivity contribution is 0.0955. The fourth-order valence-corrected chi connectivity index (χ4v) is 3.66. The van der Waals surface area contributed by atoms with Gasteiger partial charge in [-0.3, -0.25) is 0 Å². The molecule has 0 saturated heterocycles. The SMILES string of the molecule is CCC(C)(CC)n1c(C)cc2c1CC(C)(C)CC2O. The average molecular weight is 263 g/mol. The molecule has 1 aliphatic rings. The lowest BCUT2D eigenvalue weighted by Crippen LogP contribution is -2.34. The second-order valence-electron chi connectivity index (χ2n) is 7.29. The molecule has 0 aliphatic heterocycles. The maximum Gasteiger partial charge on any atom is 0.0812 e. The summed E-state index contributed by atoms with van der Waals surface area (Å²) in [5.74, 6) is 0. The molecule has 2 heteroatoms. The van der Waals surface area contributed by atoms with Gasteiger partial charge < -0.3 is 9.67 Å². The first kappa shape index (κ1) is 14.6. The molecule has 1 atom stereocenters. The molecule has 0 spiro atoms. The molecule has 1 aromatic heterocycles. The van der Waals surface area contributed by atoms with E-state index in [4.69, 9.17) is 0 Å². The minimum Gasteiger partial charge on any atom is -0.388 e. The number of aliphatic hydroxyl groups is 1. The molecule has 1 aliphatic carbocycles. The van der Waals surface area contributed by atoms with Crippen molar-refractivity contribution in [3.05, 3.63) is 23.0 Å². The van der Waals surface area contributed by atoms with E-state index in [1.165, 1.54) is 17.0 Å². The van der Waals surface area contributed by atoms with Crippen LogP contribution in [-0.2, 0) is 12.0 Å². The van der Waals surface area contributed by atoms with Gasteiger partial charge in [0, 0.05) is 22.5 Å². The van der Waals surface area contributed by atoms with Crippen LogP contribution in [0.1, 0.15) is 76.9 Å². The van der Waals surface area contributed by atoms with Crippen molar-refractivity contribution in [2.24, 2.45) is 5.41 Å². The van der Waals surface area contributed by atoms with Gasteiger partial charge in [-0.15, -0.1) is 0 Å². The van der Waals surface area contributed by atoms with Crippen LogP contribution in [0.15, 0.2) is 6.07 Å². The third kappa shape index (κ3) is 2.35. The predicted octanol–water partition coefficient (Wildman–Crippen LogP) is 4.34. The van der Waals surface area contributed by atoms with Crippen molar-refractivity contribution < 1.29 is 5.11 Å². The maximum atomic E-state index is 10.4. The van der Waals surface area contributed by atoms with Crippen LogP contribution in [-0.4, -0.2) is 9.67 Å². The number of nitrogens with zero attached hydrogens (tertiary/aromatic N) is 1. The largest absolute Gasteiger partial charge is 0.388 e. The van der Waals surface area contributed by atoms with Crippen molar-refractivity contribution in [3.63, 3.8) is 0 Å². The molecule has 0 aromatic carbocycles. The minimum absolute atomic E-state index is 0.171. The first-order valence-electron chi connectivity index (χ1n) is 7.64. The van der Waals surface area contributed by atoms with Gasteiger partial charge in [-0.2, -0.15) is 0 Å². The van der Waals surface area contributed by atoms with Crippen molar-refractivity contribution in [1.82, 2.24) is 4.57 Å². The Kier molecular flexibility index (Phi) is 3.59. The van der Waals surface area contributed by atoms with E-state index >= 15 is 0 Å². The van der Waals surface area contributed by atoms with Gasteiger partial charge in [0.1, 0.15) is 0 Å². The molecule has 2 nitrogen and oxygen atoms in total. The van der Waals surface area contributed by atoms with Crippen LogP contribution in [0.25, 0.3) is 0 Å². The van der Waals surface area contributed by atoms with Crippen molar-refractivity contribution in [1.29, 1.82) is 0 Å². The molecule has 1 aromatic rings. The molecule has 0 fully saturated rings. The monoisotopic (exact) mass is 263 g/mol. The van der Waals surface area contributed by atoms with Crippen LogP contribution in [0.3, 0.4) is 0 Å². The van der Waals surface area contributed by atoms with Crippen LogP contribution >= 0.6 is 0 Å². The van der Waals surface area contributed by atoms with E-state index in [0.29, 0.717) is 0 Å². The molecular weight excluding hydrogens is 234 g/mol. The van der Waals surface area contributed by atoms with Gasteiger partial charge in [0.2, 0.25) is 0 Å². The van der Waals surface area contributed by atoms with Gasteiger partial charge in [0.15, 0.2) is 0 Å². The highest BCUT2D eigenvalue weighted by Crippen LogP contribution is 2.44. The lowest BCUT2D eigenvalue weighted by Gasteiger charge is -2.39. The summed E-state index contributed by atoms with van der Waals surface area (Å²) in [6.07, 6.45) is 3.90. The zero-order valence-corrected chi connectivity index (χ0v) is 13.4. The molecule has 0 bridgehead atoms. The Labute approximate surface area is 117 Å². The van der Waals surface area contributed by atoms with E-state index < -0.39 is 0 Å². The molecule has 1 heterocycles. The summed E-state index contributed by atoms with van der Waals surface area (Å²) in [6.45, 7) is 13.6. The van der Waals surface area contributed by atoms with Crippen molar-refractivity contribution in [2.75, 3.05) is 0 Å². The Morgan fingerprint density at radius 1 is 1.37 bits per heavy atom. The predicted molar refractivity (Wildman–Crippen MR) is 80.5 cm³/mol. The molecule has 1 unspecified atom stereocenters. The second kappa shape index (κ2) is 4.66. The number of fused-ring (bicyclic) bond motifs is 1. The Morgan fingerprint density at radius 3 is 2.47 bits per heavy atom. The first-order valence-corrected chi connectivity index (χ1v) is 7.64. The average Bonchev–Trinajstić information content (AvgIpc) is 2.64. The molecule has 0 amide bonds. The molecule has 2 rings (SSSR count). The van der Waals surface area contributed by atoms with E-state index in [1.807, 2.05) is 0 Å². The zero-order valence-electron chi connectivity index (χ0n) is 13.4. The number of hydrogen-bond acceptors (Lipinski definition) is 1. The third-order valence-electron chi connectivity index (χ3n) is 5.13. The Bertz CT molecular complexity index is 466. The van der Waals surface area contributed by atoms with Crippen LogP contribution in [0, 0.1) is 12.3 Å². The molecule has 108 valence electrons. The highest BCUT2D eigenvalue weighted by Gasteiger charge is 2.37. The first-order chi connectivity index (χ1) is 8.74. The summed E-state index contributed by atoms with van der Waals surface area (Å²) < 4.78 is 2.51. The van der Waals surface area contributed by atoms with E-state index in [-0.39, 0.29) is 17.1 Å². The molecular formula is C17H29NO. The standard InChI is InChI=1S/C17H29NO/c1-7-17(6,8-2)18-12(3)9-13-14(18)10-16(4,5)11-15(13)19/h9,15,19H,7-8,10-11H2,1-6H3. The second-order valence-corrected chi connectivity index (χ2v) is 7.29. The van der Waals surface area contributed by atoms with Gasteiger partial charge in [-0.05, 0) is 51.0 Å². The maximum absolute atomic E-state index is 10.4. The Morgan fingerprint density at radius 2 is 1.95 bits per heavy atom. The van der Waals surface area contributed by atoms with Gasteiger partial charge in [0.25, 0.3) is 0 Å². The summed E-state index contributed by atoms with van der Waals surface area (Å²) >= 11 is 0. The summed E-state index contributed by atoms with van der Waals surface area (Å²) in [6, 6.07) is 2.21. The minimum atomic E-state index is -0.295. The summed E-state index contributed by atoms with van der Waals surface area (Å²) in [4.78, 5) is 0. The molecule has 19 heavy (non-hydrogen) atoms. The van der Waals surface area contributed by atoms with Crippen molar-refractivity contribution in [2.45, 2.75) is 78.9 Å². The fourth-order valence-electron chi connectivity index (χ4n) is 3.66. The van der Waals surface area contributed by atoms with Gasteiger partial charge in [0.05, 0.1) is 6.10 Å². The molecule has 0 saturated carbocycles. The lowest BCUT2D eigenvalue weighted by atomic mass is 9.75. The highest BCUT2D eigenvalue weighted by molar-refractivity contribution is 5.34. The highest BCUT2D eigenvalue weighted by atomic mass is 16.3. The van der Waals surface area contributed by atoms with E-state index in [0.717, 1.165) is 25.7 Å². The number of aliphatic hydroxyl groups excluding tert-OH is 1. The van der Waals surface area contributed by atoms with Crippen molar-refractivity contribution >= 4 is 0 Å². The smallest absolute Gasteiger partial charge is 0.0812 e. The number of aryl methyl sites for hydroxylation is 1. The number of hydrogen-bond donors (Lipinski definition) is 1. The Hall–Kier alpha value is -0.760. The normalized spacial score (nSPS) is 22.4. The topological polar surface area (TPSA) is 25.2 Å². The van der Waals surface area contributed by atoms with E-state index in [2.05, 4.69) is 52.2 Å². The molecule has 0 radical (unpaired) electrons. The van der Waals surface area contributed by atoms with E-state index in [1.54, 1.807) is 0 Å². The molecule has 1 N–H and O–H groups in total. The van der Waals surface area contributed by atoms with Crippen LogP contribution in [0.5, 0.6) is 0 Å². The number of rotatable bonds is 3. The number of aromatic nitrogens is 1. The quantitative estimate of drug-likeness (QED) is 0.862. The van der Waals surface area contributed by atoms with Crippen LogP contribution < -0.4 is 0 Å². The van der Waals surface area contributed by atoms with Gasteiger partial charge >= 0.3 is 0 Å². The summed E-state index contributed by atoms with van der Waals surface area (Å²) in [7, 11) is 0. The third-order valence-corrected chi connectivity index (χ3v) is 5.13. The van der Waals surface area contributed by atoms with Crippen LogP contribution in [0.4, 0.5) is 0 Å². The summed E-state index contributed by atoms with van der Waals surface area (Å²) in [5, 5.41) is 10.4. The van der Waals surface area contributed by atoms with Crippen LogP contribution in [0.2, 0.25) is 0 Å². The van der Waals surface area contributed by atoms with Gasteiger partial charge in [-0.25, -0.2) is 0 Å². The Balaban J connectivity index is 2.59. The van der Waals surface area contributed by atoms with Crippen molar-refractivity contribution in [3.8, 4) is 0 Å².